The van der Waals surface area contributed by atoms with Crippen LogP contribution in [0.2, 0.25) is 0 Å². The lowest BCUT2D eigenvalue weighted by molar-refractivity contribution is 0.228. The first-order chi connectivity index (χ1) is 11.5. The van der Waals surface area contributed by atoms with Crippen LogP contribution in [0.1, 0.15) is 49.9 Å². The molecular weight excluding hydrogens is 298 g/mol. The van der Waals surface area contributed by atoms with Gasteiger partial charge in [0, 0.05) is 24.5 Å². The molecule has 1 aromatic carbocycles. The van der Waals surface area contributed by atoms with E-state index in [2.05, 4.69) is 42.0 Å². The molecule has 1 unspecified atom stereocenters. The maximum atomic E-state index is 5.64. The third-order valence-corrected chi connectivity index (χ3v) is 4.32. The first-order valence-corrected chi connectivity index (χ1v) is 8.61. The lowest BCUT2D eigenvalue weighted by atomic mass is 10.0. The van der Waals surface area contributed by atoms with Crippen molar-refractivity contribution in [3.8, 4) is 0 Å². The molecule has 24 heavy (non-hydrogen) atoms. The normalized spacial score (nSPS) is 16.0. The lowest BCUT2D eigenvalue weighted by Crippen LogP contribution is -2.23. The van der Waals surface area contributed by atoms with Crippen molar-refractivity contribution in [3.63, 3.8) is 0 Å². The Labute approximate surface area is 145 Å². The number of aliphatic imine (C=N–C) groups is 1. The van der Waals surface area contributed by atoms with Crippen molar-refractivity contribution in [2.75, 3.05) is 13.2 Å². The van der Waals surface area contributed by atoms with Gasteiger partial charge in [-0.3, -0.25) is 4.99 Å². The van der Waals surface area contributed by atoms with Crippen LogP contribution in [0.15, 0.2) is 47.4 Å². The number of nitrogens with one attached hydrogen (secondary N) is 1. The molecule has 0 spiro atoms. The number of nitrogens with two attached hydrogens (primary N) is 1. The predicted molar refractivity (Wildman–Crippen MR) is 101 cm³/mol. The Morgan fingerprint density at radius 3 is 2.88 bits per heavy atom. The number of aryl methyl sites for hydroxylation is 2. The topological polar surface area (TPSA) is 59.6 Å². The maximum absolute atomic E-state index is 5.64. The molecule has 1 atom stereocenters. The van der Waals surface area contributed by atoms with Gasteiger partial charge in [-0.2, -0.15) is 0 Å². The fourth-order valence-electron chi connectivity index (χ4n) is 2.80. The molecule has 1 aliphatic rings. The Bertz CT molecular complexity index is 642. The average Bonchev–Trinajstić information content (AvgIpc) is 3.03. The highest BCUT2D eigenvalue weighted by Crippen LogP contribution is 2.25. The van der Waals surface area contributed by atoms with Crippen molar-refractivity contribution >= 4 is 5.71 Å². The number of hydrogen-bond acceptors (Lipinski definition) is 4. The number of benzene rings is 1. The van der Waals surface area contributed by atoms with Gasteiger partial charge in [-0.15, -0.1) is 0 Å². The third-order valence-electron chi connectivity index (χ3n) is 4.32. The molecule has 0 fully saturated rings. The van der Waals surface area contributed by atoms with Gasteiger partial charge in [-0.1, -0.05) is 24.8 Å². The second-order valence-electron chi connectivity index (χ2n) is 6.42. The number of rotatable bonds is 8. The van der Waals surface area contributed by atoms with Gasteiger partial charge < -0.3 is 15.8 Å². The van der Waals surface area contributed by atoms with Crippen LogP contribution in [0.5, 0.6) is 0 Å². The summed E-state index contributed by atoms with van der Waals surface area (Å²) in [4.78, 5) is 4.20. The fraction of sp³-hybridized carbons (Fsp3) is 0.450. The minimum atomic E-state index is 0.311. The first-order valence-electron chi connectivity index (χ1n) is 8.61. The van der Waals surface area contributed by atoms with E-state index in [1.165, 1.54) is 36.0 Å². The van der Waals surface area contributed by atoms with E-state index in [4.69, 9.17) is 10.5 Å². The Kier molecular flexibility index (Phi) is 6.62. The van der Waals surface area contributed by atoms with Crippen molar-refractivity contribution in [1.29, 1.82) is 0 Å². The quantitative estimate of drug-likeness (QED) is 0.435. The summed E-state index contributed by atoms with van der Waals surface area (Å²) in [6.45, 7) is 11.1. The summed E-state index contributed by atoms with van der Waals surface area (Å²) < 4.78 is 5.64. The fourth-order valence-corrected chi connectivity index (χ4v) is 2.80. The Balaban J connectivity index is 1.75. The highest BCUT2D eigenvalue weighted by atomic mass is 16.5. The zero-order valence-corrected chi connectivity index (χ0v) is 15.1. The Morgan fingerprint density at radius 2 is 2.12 bits per heavy atom. The van der Waals surface area contributed by atoms with Crippen molar-refractivity contribution in [2.45, 2.75) is 46.1 Å². The van der Waals surface area contributed by atoms with Crippen LogP contribution in [0.3, 0.4) is 0 Å². The van der Waals surface area contributed by atoms with Crippen LogP contribution >= 0.6 is 0 Å². The van der Waals surface area contributed by atoms with Gasteiger partial charge in [0.1, 0.15) is 12.4 Å². The SMILES string of the molecule is C=C(OCCNC(C)c1ccc2c(c1)CCC2)/C(C)=N\C=C(\C)N. The summed E-state index contributed by atoms with van der Waals surface area (Å²) in [5, 5.41) is 3.50. The molecule has 0 bridgehead atoms. The van der Waals surface area contributed by atoms with Crippen LogP contribution in [0, 0.1) is 0 Å². The van der Waals surface area contributed by atoms with E-state index >= 15 is 0 Å². The summed E-state index contributed by atoms with van der Waals surface area (Å²) >= 11 is 0. The summed E-state index contributed by atoms with van der Waals surface area (Å²) in [5.41, 5.74) is 11.3. The van der Waals surface area contributed by atoms with Crippen LogP contribution in [0.4, 0.5) is 0 Å². The third kappa shape index (κ3) is 5.24. The molecule has 4 heteroatoms. The maximum Gasteiger partial charge on any atom is 0.133 e. The zero-order chi connectivity index (χ0) is 17.5. The molecular formula is C20H29N3O. The minimum absolute atomic E-state index is 0.311. The van der Waals surface area contributed by atoms with Crippen molar-refractivity contribution < 1.29 is 4.74 Å². The second-order valence-corrected chi connectivity index (χ2v) is 6.42. The Morgan fingerprint density at radius 1 is 1.38 bits per heavy atom. The Hall–Kier alpha value is -2.07. The monoisotopic (exact) mass is 327 g/mol. The minimum Gasteiger partial charge on any atom is -0.491 e. The molecule has 0 saturated heterocycles. The first kappa shape index (κ1) is 18.3. The van der Waals surface area contributed by atoms with E-state index in [-0.39, 0.29) is 0 Å². The van der Waals surface area contributed by atoms with Gasteiger partial charge in [0.05, 0.1) is 5.71 Å². The molecule has 1 aliphatic carbocycles. The zero-order valence-electron chi connectivity index (χ0n) is 15.1. The van der Waals surface area contributed by atoms with Gasteiger partial charge >= 0.3 is 0 Å². The molecule has 0 aliphatic heterocycles. The van der Waals surface area contributed by atoms with E-state index in [0.29, 0.717) is 24.1 Å². The van der Waals surface area contributed by atoms with Gasteiger partial charge in [0.15, 0.2) is 0 Å². The van der Waals surface area contributed by atoms with Crippen molar-refractivity contribution in [1.82, 2.24) is 5.32 Å². The number of fused-ring (bicyclic) bond motifs is 1. The molecule has 4 nitrogen and oxygen atoms in total. The number of hydrogen-bond donors (Lipinski definition) is 2. The van der Waals surface area contributed by atoms with Crippen molar-refractivity contribution in [2.24, 2.45) is 10.7 Å². The van der Waals surface area contributed by atoms with E-state index < -0.39 is 0 Å². The molecule has 0 amide bonds. The molecule has 3 N–H and O–H groups in total. The summed E-state index contributed by atoms with van der Waals surface area (Å²) in [7, 11) is 0. The largest absolute Gasteiger partial charge is 0.491 e. The highest BCUT2D eigenvalue weighted by Gasteiger charge is 2.13. The van der Waals surface area contributed by atoms with E-state index in [1.807, 2.05) is 6.92 Å². The van der Waals surface area contributed by atoms with Crippen LogP contribution in [-0.4, -0.2) is 18.9 Å². The molecule has 0 saturated carbocycles. The molecule has 0 aromatic heterocycles. The highest BCUT2D eigenvalue weighted by molar-refractivity contribution is 5.96. The second kappa shape index (κ2) is 8.69. The standard InChI is InChI=1S/C20H29N3O/c1-14(21)13-23-15(2)17(4)24-11-10-22-16(3)19-9-8-18-6-5-7-20(18)12-19/h8-9,12-13,16,22H,4-7,10-11,21H2,1-3H3/b14-13-,23-15-. The van der Waals surface area contributed by atoms with E-state index in [0.717, 1.165) is 12.3 Å². The van der Waals surface area contributed by atoms with E-state index in [1.54, 1.807) is 13.1 Å². The molecule has 0 radical (unpaired) electrons. The average molecular weight is 327 g/mol. The molecule has 2 rings (SSSR count). The smallest absolute Gasteiger partial charge is 0.133 e. The molecule has 1 aromatic rings. The van der Waals surface area contributed by atoms with Gasteiger partial charge in [-0.05, 0) is 56.7 Å². The van der Waals surface area contributed by atoms with Crippen LogP contribution in [-0.2, 0) is 17.6 Å². The summed E-state index contributed by atoms with van der Waals surface area (Å²) in [6.07, 6.45) is 5.34. The molecule has 130 valence electrons. The summed E-state index contributed by atoms with van der Waals surface area (Å²) in [5.74, 6) is 0.583. The van der Waals surface area contributed by atoms with Crippen LogP contribution < -0.4 is 11.1 Å². The molecule has 0 heterocycles. The van der Waals surface area contributed by atoms with E-state index in [9.17, 15) is 0 Å². The predicted octanol–water partition coefficient (Wildman–Crippen LogP) is 3.64. The lowest BCUT2D eigenvalue weighted by Gasteiger charge is -2.16. The van der Waals surface area contributed by atoms with Crippen LogP contribution in [0.25, 0.3) is 0 Å². The number of ether oxygens (including phenoxy) is 1. The van der Waals surface area contributed by atoms with Gasteiger partial charge in [0.25, 0.3) is 0 Å². The van der Waals surface area contributed by atoms with Crippen molar-refractivity contribution in [3.05, 3.63) is 59.1 Å². The number of allylic oxidation sites excluding steroid dienone is 2. The van der Waals surface area contributed by atoms with Gasteiger partial charge in [0.2, 0.25) is 0 Å². The van der Waals surface area contributed by atoms with Gasteiger partial charge in [-0.25, -0.2) is 0 Å². The number of nitrogens with zero attached hydrogens (tertiary/aromatic N) is 1. The summed E-state index contributed by atoms with van der Waals surface area (Å²) in [6, 6.07) is 7.17.